The number of rotatable bonds is 11. The number of allylic oxidation sites excluding steroid dienone is 18. The molecule has 0 unspecified atom stereocenters. The van der Waals surface area contributed by atoms with Crippen molar-refractivity contribution in [3.8, 4) is 0 Å². The Kier molecular flexibility index (Phi) is 14.9. The Morgan fingerprint density at radius 3 is 1.57 bits per heavy atom. The Balaban J connectivity index is 4.56. The summed E-state index contributed by atoms with van der Waals surface area (Å²) in [6.45, 7) is 12.6. The van der Waals surface area contributed by atoms with E-state index >= 15 is 0 Å². The molecule has 0 bridgehead atoms. The van der Waals surface area contributed by atoms with Gasteiger partial charge in [-0.1, -0.05) is 101 Å². The van der Waals surface area contributed by atoms with E-state index in [2.05, 4.69) is 83.2 Å². The molecule has 0 rings (SSSR count). The van der Waals surface area contributed by atoms with Crippen molar-refractivity contribution >= 4 is 6.29 Å². The Morgan fingerprint density at radius 1 is 0.607 bits per heavy atom. The smallest absolute Gasteiger partial charge is 0.142 e. The molecule has 28 heavy (non-hydrogen) atoms. The first-order valence-corrected chi connectivity index (χ1v) is 9.81. The zero-order chi connectivity index (χ0) is 21.2. The summed E-state index contributed by atoms with van der Waals surface area (Å²) in [7, 11) is 0. The molecule has 0 fully saturated rings. The van der Waals surface area contributed by atoms with E-state index in [1.807, 2.05) is 25.2 Å². The van der Waals surface area contributed by atoms with E-state index < -0.39 is 0 Å². The highest BCUT2D eigenvalue weighted by atomic mass is 16.1. The maximum Gasteiger partial charge on any atom is 0.142 e. The zero-order valence-corrected chi connectivity index (χ0v) is 18.4. The third-order valence-electron chi connectivity index (χ3n) is 3.82. The molecule has 1 nitrogen and oxygen atoms in total. The van der Waals surface area contributed by atoms with Crippen molar-refractivity contribution in [2.24, 2.45) is 0 Å². The van der Waals surface area contributed by atoms with Crippen LogP contribution in [0, 0.1) is 0 Å². The Morgan fingerprint density at radius 2 is 1.07 bits per heavy atom. The highest BCUT2D eigenvalue weighted by Gasteiger charge is 1.87. The van der Waals surface area contributed by atoms with Crippen molar-refractivity contribution in [1.82, 2.24) is 0 Å². The van der Waals surface area contributed by atoms with Crippen LogP contribution in [-0.2, 0) is 4.79 Å². The van der Waals surface area contributed by atoms with Crippen molar-refractivity contribution in [2.45, 2.75) is 54.4 Å². The summed E-state index contributed by atoms with van der Waals surface area (Å²) in [5.74, 6) is 0. The molecule has 0 saturated carbocycles. The van der Waals surface area contributed by atoms with Gasteiger partial charge < -0.3 is 0 Å². The summed E-state index contributed by atoms with van der Waals surface area (Å²) in [6.07, 6.45) is 29.3. The molecule has 0 atom stereocenters. The molecular formula is C27H36O. The molecule has 0 aliphatic heterocycles. The van der Waals surface area contributed by atoms with Crippen molar-refractivity contribution < 1.29 is 4.79 Å². The standard InChI is InChI=1S/C27H36O/c1-23(2)13-9-16-26(5)18-11-20-27(6)19-10-17-24(3)14-7-8-15-25(4)21-12-22-28/h7-8,10-15,17-22H,9,16H2,1-6H3/b8-7+,17-10+,20-11+,21-12+,24-14+,25-15+,26-18-,27-19+. The van der Waals surface area contributed by atoms with Gasteiger partial charge in [0.1, 0.15) is 6.29 Å². The second-order valence-electron chi connectivity index (χ2n) is 7.16. The third-order valence-corrected chi connectivity index (χ3v) is 3.82. The second kappa shape index (κ2) is 16.5. The first-order valence-electron chi connectivity index (χ1n) is 9.81. The number of carbonyl (C=O) groups excluding carboxylic acids is 1. The SMILES string of the molecule is CC(C)=CCC\C(C)=C/C=C/C(C)=C/C=C/C(C)=C/C=C/C=C(C)/C=C/C=O. The minimum absolute atomic E-state index is 0.782. The molecule has 0 heterocycles. The number of hydrogen-bond acceptors (Lipinski definition) is 1. The van der Waals surface area contributed by atoms with E-state index in [1.165, 1.54) is 28.4 Å². The van der Waals surface area contributed by atoms with Gasteiger partial charge in [-0.3, -0.25) is 4.79 Å². The van der Waals surface area contributed by atoms with Crippen LogP contribution < -0.4 is 0 Å². The molecule has 0 spiro atoms. The van der Waals surface area contributed by atoms with Crippen molar-refractivity contribution in [2.75, 3.05) is 0 Å². The van der Waals surface area contributed by atoms with Crippen LogP contribution in [0.4, 0.5) is 0 Å². The van der Waals surface area contributed by atoms with Crippen LogP contribution in [0.1, 0.15) is 54.4 Å². The average Bonchev–Trinajstić information content (AvgIpc) is 2.63. The largest absolute Gasteiger partial charge is 0.299 e. The Bertz CT molecular complexity index is 737. The van der Waals surface area contributed by atoms with Crippen LogP contribution in [0.15, 0.2) is 107 Å². The molecule has 0 saturated heterocycles. The number of hydrogen-bond donors (Lipinski definition) is 0. The molecule has 0 aromatic heterocycles. The third kappa shape index (κ3) is 16.8. The van der Waals surface area contributed by atoms with Crippen LogP contribution in [0.2, 0.25) is 0 Å². The Labute approximate surface area is 172 Å². The lowest BCUT2D eigenvalue weighted by Gasteiger charge is -1.96. The van der Waals surface area contributed by atoms with Gasteiger partial charge >= 0.3 is 0 Å². The molecule has 0 N–H and O–H groups in total. The van der Waals surface area contributed by atoms with Crippen molar-refractivity contribution in [3.63, 3.8) is 0 Å². The molecule has 0 aromatic carbocycles. The summed E-state index contributed by atoms with van der Waals surface area (Å²) in [5.41, 5.74) is 6.21. The highest BCUT2D eigenvalue weighted by Crippen LogP contribution is 2.07. The first kappa shape index (κ1) is 25.3. The van der Waals surface area contributed by atoms with E-state index in [4.69, 9.17) is 0 Å². The number of carbonyl (C=O) groups is 1. The van der Waals surface area contributed by atoms with Gasteiger partial charge in [0.25, 0.3) is 0 Å². The van der Waals surface area contributed by atoms with E-state index in [1.54, 1.807) is 6.08 Å². The lowest BCUT2D eigenvalue weighted by atomic mass is 10.1. The predicted molar refractivity (Wildman–Crippen MR) is 126 cm³/mol. The summed E-state index contributed by atoms with van der Waals surface area (Å²) in [6, 6.07) is 0. The maximum atomic E-state index is 10.3. The van der Waals surface area contributed by atoms with E-state index in [-0.39, 0.29) is 0 Å². The normalized spacial score (nSPS) is 14.8. The topological polar surface area (TPSA) is 17.1 Å². The summed E-state index contributed by atoms with van der Waals surface area (Å²) >= 11 is 0. The first-order chi connectivity index (χ1) is 13.3. The van der Waals surface area contributed by atoms with Gasteiger partial charge in [0.05, 0.1) is 0 Å². The van der Waals surface area contributed by atoms with Gasteiger partial charge in [-0.15, -0.1) is 0 Å². The molecular weight excluding hydrogens is 340 g/mol. The fraction of sp³-hybridized carbons (Fsp3) is 0.296. The predicted octanol–water partition coefficient (Wildman–Crippen LogP) is 7.94. The molecule has 0 aromatic rings. The molecule has 0 aliphatic carbocycles. The average molecular weight is 377 g/mol. The minimum atomic E-state index is 0.782. The minimum Gasteiger partial charge on any atom is -0.299 e. The highest BCUT2D eigenvalue weighted by molar-refractivity contribution is 5.65. The molecule has 1 heteroatoms. The number of aldehydes is 1. The van der Waals surface area contributed by atoms with Gasteiger partial charge in [0.2, 0.25) is 0 Å². The zero-order valence-electron chi connectivity index (χ0n) is 18.4. The maximum absolute atomic E-state index is 10.3. The van der Waals surface area contributed by atoms with E-state index in [0.717, 1.165) is 24.7 Å². The second-order valence-corrected chi connectivity index (χ2v) is 7.16. The van der Waals surface area contributed by atoms with E-state index in [9.17, 15) is 4.79 Å². The molecule has 150 valence electrons. The van der Waals surface area contributed by atoms with Gasteiger partial charge in [-0.2, -0.15) is 0 Å². The van der Waals surface area contributed by atoms with Crippen LogP contribution in [0.25, 0.3) is 0 Å². The van der Waals surface area contributed by atoms with Crippen molar-refractivity contribution in [1.29, 1.82) is 0 Å². The lowest BCUT2D eigenvalue weighted by molar-refractivity contribution is -0.104. The fourth-order valence-corrected chi connectivity index (χ4v) is 2.16. The van der Waals surface area contributed by atoms with E-state index in [0.29, 0.717) is 0 Å². The monoisotopic (exact) mass is 376 g/mol. The van der Waals surface area contributed by atoms with Gasteiger partial charge in [0.15, 0.2) is 0 Å². The van der Waals surface area contributed by atoms with Crippen molar-refractivity contribution in [3.05, 3.63) is 107 Å². The molecule has 0 radical (unpaired) electrons. The van der Waals surface area contributed by atoms with Gasteiger partial charge in [0, 0.05) is 0 Å². The lowest BCUT2D eigenvalue weighted by Crippen LogP contribution is -1.76. The summed E-state index contributed by atoms with van der Waals surface area (Å²) in [5, 5.41) is 0. The van der Waals surface area contributed by atoms with Crippen LogP contribution >= 0.6 is 0 Å². The Hall–Kier alpha value is -2.67. The quantitative estimate of drug-likeness (QED) is 0.155. The van der Waals surface area contributed by atoms with Gasteiger partial charge in [-0.05, 0) is 60.5 Å². The summed E-state index contributed by atoms with van der Waals surface area (Å²) < 4.78 is 0. The van der Waals surface area contributed by atoms with Gasteiger partial charge in [-0.25, -0.2) is 0 Å². The molecule has 0 amide bonds. The fourth-order valence-electron chi connectivity index (χ4n) is 2.16. The van der Waals surface area contributed by atoms with Crippen LogP contribution in [0.3, 0.4) is 0 Å². The summed E-state index contributed by atoms with van der Waals surface area (Å²) in [4.78, 5) is 10.3. The molecule has 0 aliphatic rings. The van der Waals surface area contributed by atoms with Crippen LogP contribution in [0.5, 0.6) is 0 Å². The van der Waals surface area contributed by atoms with Crippen LogP contribution in [-0.4, -0.2) is 6.29 Å².